The summed E-state index contributed by atoms with van der Waals surface area (Å²) in [7, 11) is 0. The Kier molecular flexibility index (Phi) is 2.11. The van der Waals surface area contributed by atoms with Gasteiger partial charge in [0.15, 0.2) is 5.58 Å². The van der Waals surface area contributed by atoms with Crippen molar-refractivity contribution in [1.29, 1.82) is 0 Å². The van der Waals surface area contributed by atoms with E-state index in [1.807, 2.05) is 31.2 Å². The lowest BCUT2D eigenvalue weighted by molar-refractivity contribution is 0.556. The second kappa shape index (κ2) is 3.73. The van der Waals surface area contributed by atoms with Gasteiger partial charge in [0.05, 0.1) is 5.52 Å². The Bertz CT molecular complexity index is 1040. The molecular formula is C17H13NO2. The number of para-hydroxylation sites is 1. The van der Waals surface area contributed by atoms with Gasteiger partial charge in [0.2, 0.25) is 0 Å². The van der Waals surface area contributed by atoms with Crippen LogP contribution in [0.5, 0.6) is 0 Å². The Morgan fingerprint density at radius 2 is 1.65 bits per heavy atom. The normalized spacial score (nSPS) is 11.7. The third-order valence-corrected chi connectivity index (χ3v) is 4.10. The maximum atomic E-state index is 11.9. The summed E-state index contributed by atoms with van der Waals surface area (Å²) in [6, 6.07) is 12.2. The van der Waals surface area contributed by atoms with E-state index in [0.29, 0.717) is 11.1 Å². The van der Waals surface area contributed by atoms with Crippen molar-refractivity contribution >= 4 is 32.8 Å². The fourth-order valence-electron chi connectivity index (χ4n) is 2.82. The van der Waals surface area contributed by atoms with E-state index in [2.05, 4.69) is 17.1 Å². The molecule has 0 aliphatic rings. The molecule has 0 atom stereocenters. The van der Waals surface area contributed by atoms with Crippen LogP contribution in [-0.2, 0) is 0 Å². The quantitative estimate of drug-likeness (QED) is 0.486. The second-order valence-electron chi connectivity index (χ2n) is 5.17. The molecule has 0 saturated carbocycles. The molecule has 98 valence electrons. The molecule has 2 aromatic carbocycles. The first-order valence-electron chi connectivity index (χ1n) is 6.60. The summed E-state index contributed by atoms with van der Waals surface area (Å²) in [6.45, 7) is 3.76. The van der Waals surface area contributed by atoms with Crippen LogP contribution in [0.15, 0.2) is 45.6 Å². The van der Waals surface area contributed by atoms with Gasteiger partial charge in [0.1, 0.15) is 0 Å². The van der Waals surface area contributed by atoms with Crippen molar-refractivity contribution in [3.05, 3.63) is 57.9 Å². The molecule has 2 heterocycles. The lowest BCUT2D eigenvalue weighted by atomic mass is 10.0. The van der Waals surface area contributed by atoms with Gasteiger partial charge in [0, 0.05) is 27.2 Å². The Labute approximate surface area is 114 Å². The largest absolute Gasteiger partial charge is 0.420 e. The summed E-state index contributed by atoms with van der Waals surface area (Å²) in [4.78, 5) is 15.3. The topological polar surface area (TPSA) is 46.0 Å². The van der Waals surface area contributed by atoms with Gasteiger partial charge < -0.3 is 9.40 Å². The van der Waals surface area contributed by atoms with Crippen LogP contribution in [0.2, 0.25) is 0 Å². The summed E-state index contributed by atoms with van der Waals surface area (Å²) in [5.74, 6) is 0. The standard InChI is InChI=1S/C17H13NO2/c1-9-10(2)17(19)20-16-11(9)7-8-13-12-5-3-4-6-14(12)18-15(13)16/h3-8,18H,1-2H3. The fourth-order valence-corrected chi connectivity index (χ4v) is 2.82. The maximum Gasteiger partial charge on any atom is 0.339 e. The van der Waals surface area contributed by atoms with Crippen LogP contribution >= 0.6 is 0 Å². The number of benzene rings is 2. The molecule has 0 bridgehead atoms. The Hall–Kier alpha value is -2.55. The minimum absolute atomic E-state index is 0.263. The van der Waals surface area contributed by atoms with Gasteiger partial charge in [-0.25, -0.2) is 4.79 Å². The van der Waals surface area contributed by atoms with Gasteiger partial charge in [-0.1, -0.05) is 30.3 Å². The first-order valence-corrected chi connectivity index (χ1v) is 6.60. The molecule has 0 radical (unpaired) electrons. The van der Waals surface area contributed by atoms with Crippen molar-refractivity contribution in [2.24, 2.45) is 0 Å². The van der Waals surface area contributed by atoms with Crippen LogP contribution in [0.25, 0.3) is 32.8 Å². The fraction of sp³-hybridized carbons (Fsp3) is 0.118. The van der Waals surface area contributed by atoms with E-state index in [1.165, 1.54) is 0 Å². The predicted octanol–water partition coefficient (Wildman–Crippen LogP) is 4.04. The van der Waals surface area contributed by atoms with Gasteiger partial charge in [-0.3, -0.25) is 0 Å². The molecule has 0 unspecified atom stereocenters. The zero-order valence-electron chi connectivity index (χ0n) is 11.3. The second-order valence-corrected chi connectivity index (χ2v) is 5.17. The van der Waals surface area contributed by atoms with Crippen LogP contribution in [0.4, 0.5) is 0 Å². The highest BCUT2D eigenvalue weighted by molar-refractivity contribution is 6.15. The number of hydrogen-bond acceptors (Lipinski definition) is 2. The van der Waals surface area contributed by atoms with Crippen molar-refractivity contribution in [2.45, 2.75) is 13.8 Å². The van der Waals surface area contributed by atoms with E-state index in [1.54, 1.807) is 6.92 Å². The number of aromatic nitrogens is 1. The van der Waals surface area contributed by atoms with E-state index in [0.717, 1.165) is 32.8 Å². The Morgan fingerprint density at radius 1 is 0.900 bits per heavy atom. The van der Waals surface area contributed by atoms with E-state index in [9.17, 15) is 4.79 Å². The predicted molar refractivity (Wildman–Crippen MR) is 81.3 cm³/mol. The van der Waals surface area contributed by atoms with Gasteiger partial charge in [-0.05, 0) is 25.5 Å². The minimum Gasteiger partial charge on any atom is -0.420 e. The molecule has 20 heavy (non-hydrogen) atoms. The van der Waals surface area contributed by atoms with E-state index in [4.69, 9.17) is 4.42 Å². The molecular weight excluding hydrogens is 250 g/mol. The van der Waals surface area contributed by atoms with E-state index >= 15 is 0 Å². The monoisotopic (exact) mass is 263 g/mol. The van der Waals surface area contributed by atoms with Gasteiger partial charge in [-0.2, -0.15) is 0 Å². The molecule has 0 aliphatic heterocycles. The average molecular weight is 263 g/mol. The van der Waals surface area contributed by atoms with Crippen molar-refractivity contribution < 1.29 is 4.42 Å². The number of rotatable bonds is 0. The molecule has 0 saturated heterocycles. The first-order chi connectivity index (χ1) is 9.66. The van der Waals surface area contributed by atoms with Crippen LogP contribution in [-0.4, -0.2) is 4.98 Å². The zero-order chi connectivity index (χ0) is 13.9. The SMILES string of the molecule is Cc1c(C)c2ccc3c4ccccc4[nH]c3c2oc1=O. The third kappa shape index (κ3) is 1.32. The number of aryl methyl sites for hydroxylation is 1. The van der Waals surface area contributed by atoms with Crippen LogP contribution in [0.1, 0.15) is 11.1 Å². The molecule has 0 spiro atoms. The smallest absolute Gasteiger partial charge is 0.339 e. The summed E-state index contributed by atoms with van der Waals surface area (Å²) < 4.78 is 5.53. The number of fused-ring (bicyclic) bond motifs is 5. The van der Waals surface area contributed by atoms with Crippen molar-refractivity contribution in [1.82, 2.24) is 4.98 Å². The van der Waals surface area contributed by atoms with Crippen LogP contribution in [0, 0.1) is 13.8 Å². The van der Waals surface area contributed by atoms with E-state index < -0.39 is 0 Å². The number of hydrogen-bond donors (Lipinski definition) is 1. The highest BCUT2D eigenvalue weighted by atomic mass is 16.4. The average Bonchev–Trinajstić information content (AvgIpc) is 2.84. The molecule has 0 aliphatic carbocycles. The highest BCUT2D eigenvalue weighted by Gasteiger charge is 2.13. The van der Waals surface area contributed by atoms with E-state index in [-0.39, 0.29) is 5.63 Å². The molecule has 4 aromatic rings. The van der Waals surface area contributed by atoms with Crippen molar-refractivity contribution in [3.63, 3.8) is 0 Å². The molecule has 3 nitrogen and oxygen atoms in total. The minimum atomic E-state index is -0.263. The zero-order valence-corrected chi connectivity index (χ0v) is 11.3. The molecule has 1 N–H and O–H groups in total. The summed E-state index contributed by atoms with van der Waals surface area (Å²) in [5, 5.41) is 3.21. The maximum absolute atomic E-state index is 11.9. The molecule has 4 rings (SSSR count). The molecule has 3 heteroatoms. The van der Waals surface area contributed by atoms with Gasteiger partial charge in [0.25, 0.3) is 0 Å². The lowest BCUT2D eigenvalue weighted by Gasteiger charge is -2.04. The number of H-pyrrole nitrogens is 1. The van der Waals surface area contributed by atoms with Crippen LogP contribution in [0.3, 0.4) is 0 Å². The molecule has 0 amide bonds. The number of aromatic amines is 1. The Balaban J connectivity index is 2.33. The number of nitrogens with one attached hydrogen (secondary N) is 1. The van der Waals surface area contributed by atoms with Gasteiger partial charge >= 0.3 is 5.63 Å². The highest BCUT2D eigenvalue weighted by Crippen LogP contribution is 2.32. The van der Waals surface area contributed by atoms with Crippen LogP contribution < -0.4 is 5.63 Å². The summed E-state index contributed by atoms with van der Waals surface area (Å²) in [5.41, 5.74) is 3.98. The van der Waals surface area contributed by atoms with Crippen molar-refractivity contribution in [3.8, 4) is 0 Å². The third-order valence-electron chi connectivity index (χ3n) is 4.10. The van der Waals surface area contributed by atoms with Gasteiger partial charge in [-0.15, -0.1) is 0 Å². The summed E-state index contributed by atoms with van der Waals surface area (Å²) >= 11 is 0. The summed E-state index contributed by atoms with van der Waals surface area (Å²) in [6.07, 6.45) is 0. The van der Waals surface area contributed by atoms with Crippen molar-refractivity contribution in [2.75, 3.05) is 0 Å². The first kappa shape index (κ1) is 11.3. The Morgan fingerprint density at radius 3 is 2.50 bits per heavy atom. The lowest BCUT2D eigenvalue weighted by Crippen LogP contribution is -2.05. The molecule has 2 aromatic heterocycles. The molecule has 0 fully saturated rings.